The lowest BCUT2D eigenvalue weighted by atomic mass is 10.1. The van der Waals surface area contributed by atoms with Crippen molar-refractivity contribution < 1.29 is 4.79 Å². The number of H-pyrrole nitrogens is 1. The Labute approximate surface area is 137 Å². The summed E-state index contributed by atoms with van der Waals surface area (Å²) in [4.78, 5) is 13.9. The van der Waals surface area contributed by atoms with Crippen LogP contribution in [0, 0.1) is 13.8 Å². The molecule has 2 aromatic heterocycles. The first-order chi connectivity index (χ1) is 11.0. The van der Waals surface area contributed by atoms with Crippen LogP contribution in [0.1, 0.15) is 30.3 Å². The third kappa shape index (κ3) is 4.84. The number of likely N-dealkylation sites (N-methyl/N-ethyl adjacent to an activating group) is 1. The first kappa shape index (κ1) is 17.1. The molecule has 0 spiro atoms. The second-order valence-corrected chi connectivity index (χ2v) is 5.99. The van der Waals surface area contributed by atoms with E-state index in [2.05, 4.69) is 20.6 Å². The molecule has 0 saturated carbocycles. The summed E-state index contributed by atoms with van der Waals surface area (Å²) in [5.41, 5.74) is 3.27. The van der Waals surface area contributed by atoms with E-state index >= 15 is 0 Å². The minimum atomic E-state index is -0.0447. The Hall–Kier alpha value is -2.31. The van der Waals surface area contributed by atoms with Crippen LogP contribution in [-0.4, -0.2) is 50.5 Å². The molecule has 2 heterocycles. The number of rotatable bonds is 7. The summed E-state index contributed by atoms with van der Waals surface area (Å²) in [7, 11) is 1.82. The van der Waals surface area contributed by atoms with E-state index in [1.165, 1.54) is 5.56 Å². The first-order valence-corrected chi connectivity index (χ1v) is 7.97. The molecule has 1 unspecified atom stereocenters. The van der Waals surface area contributed by atoms with Gasteiger partial charge in [-0.15, -0.1) is 0 Å². The fraction of sp³-hybridized carbons (Fsp3) is 0.562. The Morgan fingerprint density at radius 1 is 1.48 bits per heavy atom. The summed E-state index contributed by atoms with van der Waals surface area (Å²) in [6.45, 7) is 7.47. The number of nitrogens with zero attached hydrogens (tertiary/aromatic N) is 4. The monoisotopic (exact) mass is 318 g/mol. The van der Waals surface area contributed by atoms with Gasteiger partial charge in [0.15, 0.2) is 0 Å². The minimum Gasteiger partial charge on any atom is -0.335 e. The predicted molar refractivity (Wildman–Crippen MR) is 89.2 cm³/mol. The molecule has 7 nitrogen and oxygen atoms in total. The van der Waals surface area contributed by atoms with Crippen LogP contribution in [0.5, 0.6) is 0 Å². The fourth-order valence-corrected chi connectivity index (χ4v) is 2.48. The van der Waals surface area contributed by atoms with Crippen LogP contribution >= 0.6 is 0 Å². The van der Waals surface area contributed by atoms with E-state index in [0.29, 0.717) is 6.54 Å². The van der Waals surface area contributed by atoms with E-state index in [9.17, 15) is 4.79 Å². The molecule has 0 bridgehead atoms. The highest BCUT2D eigenvalue weighted by Crippen LogP contribution is 2.10. The van der Waals surface area contributed by atoms with Crippen LogP contribution in [0.3, 0.4) is 0 Å². The molecule has 0 radical (unpaired) electrons. The zero-order chi connectivity index (χ0) is 16.8. The zero-order valence-corrected chi connectivity index (χ0v) is 14.3. The van der Waals surface area contributed by atoms with Crippen molar-refractivity contribution in [2.24, 2.45) is 0 Å². The van der Waals surface area contributed by atoms with Gasteiger partial charge in [-0.05, 0) is 45.2 Å². The number of amides is 2. The lowest BCUT2D eigenvalue weighted by molar-refractivity contribution is 0.204. The number of urea groups is 1. The highest BCUT2D eigenvalue weighted by Gasteiger charge is 2.14. The molecule has 2 N–H and O–H groups in total. The van der Waals surface area contributed by atoms with E-state index in [-0.39, 0.29) is 12.1 Å². The van der Waals surface area contributed by atoms with Crippen molar-refractivity contribution in [3.05, 3.63) is 35.4 Å². The Morgan fingerprint density at radius 2 is 2.26 bits per heavy atom. The highest BCUT2D eigenvalue weighted by atomic mass is 16.2. The smallest absolute Gasteiger partial charge is 0.317 e. The Bertz CT molecular complexity index is 599. The van der Waals surface area contributed by atoms with E-state index in [1.54, 1.807) is 11.1 Å². The summed E-state index contributed by atoms with van der Waals surface area (Å²) >= 11 is 0. The molecule has 126 valence electrons. The van der Waals surface area contributed by atoms with Gasteiger partial charge in [-0.25, -0.2) is 4.79 Å². The molecule has 7 heteroatoms. The van der Waals surface area contributed by atoms with E-state index in [1.807, 2.05) is 44.8 Å². The van der Waals surface area contributed by atoms with Crippen molar-refractivity contribution in [2.75, 3.05) is 13.6 Å². The summed E-state index contributed by atoms with van der Waals surface area (Å²) in [5.74, 6) is 0. The molecule has 0 fully saturated rings. The molecule has 1 atom stereocenters. The number of aryl methyl sites for hydroxylation is 3. The van der Waals surface area contributed by atoms with Crippen molar-refractivity contribution >= 4 is 6.03 Å². The summed E-state index contributed by atoms with van der Waals surface area (Å²) in [5, 5.41) is 14.3. The molecule has 0 saturated heterocycles. The van der Waals surface area contributed by atoms with Gasteiger partial charge in [0.2, 0.25) is 0 Å². The van der Waals surface area contributed by atoms with Crippen LogP contribution < -0.4 is 5.32 Å². The number of aromatic nitrogens is 4. The summed E-state index contributed by atoms with van der Waals surface area (Å²) in [6, 6.07) is 1.96. The van der Waals surface area contributed by atoms with Gasteiger partial charge < -0.3 is 10.2 Å². The predicted octanol–water partition coefficient (Wildman–Crippen LogP) is 1.89. The van der Waals surface area contributed by atoms with Gasteiger partial charge in [-0.2, -0.15) is 10.2 Å². The second kappa shape index (κ2) is 7.80. The first-order valence-electron chi connectivity index (χ1n) is 7.97. The zero-order valence-electron chi connectivity index (χ0n) is 14.3. The maximum atomic E-state index is 12.2. The van der Waals surface area contributed by atoms with E-state index in [0.717, 1.165) is 30.8 Å². The Kier molecular flexibility index (Phi) is 5.78. The molecule has 0 aliphatic rings. The molecule has 0 aromatic carbocycles. The maximum Gasteiger partial charge on any atom is 0.317 e. The molecule has 0 aliphatic heterocycles. The summed E-state index contributed by atoms with van der Waals surface area (Å²) < 4.78 is 1.87. The number of carbonyl (C=O) groups excluding carboxylic acids is 1. The van der Waals surface area contributed by atoms with Crippen LogP contribution in [0.15, 0.2) is 18.5 Å². The summed E-state index contributed by atoms with van der Waals surface area (Å²) in [6.07, 6.45) is 5.34. The molecular weight excluding hydrogens is 292 g/mol. The Balaban J connectivity index is 1.73. The van der Waals surface area contributed by atoms with Crippen LogP contribution in [0.25, 0.3) is 0 Å². The minimum absolute atomic E-state index is 0.0447. The number of hydrogen-bond donors (Lipinski definition) is 2. The maximum absolute atomic E-state index is 12.2. The average Bonchev–Trinajstić information content (AvgIpc) is 3.14. The highest BCUT2D eigenvalue weighted by molar-refractivity contribution is 5.74. The van der Waals surface area contributed by atoms with Crippen molar-refractivity contribution in [1.29, 1.82) is 0 Å². The van der Waals surface area contributed by atoms with Crippen LogP contribution in [0.4, 0.5) is 4.79 Å². The molecule has 2 amide bonds. The topological polar surface area (TPSA) is 78.8 Å². The Morgan fingerprint density at radius 3 is 2.87 bits per heavy atom. The molecule has 23 heavy (non-hydrogen) atoms. The number of nitrogens with one attached hydrogen (secondary N) is 2. The van der Waals surface area contributed by atoms with Crippen LogP contribution in [0.2, 0.25) is 0 Å². The number of hydrogen-bond acceptors (Lipinski definition) is 3. The molecule has 0 aliphatic carbocycles. The lowest BCUT2D eigenvalue weighted by Gasteiger charge is -2.21. The largest absolute Gasteiger partial charge is 0.335 e. The van der Waals surface area contributed by atoms with Gasteiger partial charge in [0.05, 0.1) is 5.69 Å². The molecular formula is C16H26N6O. The average molecular weight is 318 g/mol. The van der Waals surface area contributed by atoms with Gasteiger partial charge in [0.25, 0.3) is 0 Å². The van der Waals surface area contributed by atoms with Gasteiger partial charge >= 0.3 is 6.03 Å². The van der Waals surface area contributed by atoms with Gasteiger partial charge in [-0.3, -0.25) is 9.78 Å². The van der Waals surface area contributed by atoms with Crippen molar-refractivity contribution in [3.8, 4) is 0 Å². The van der Waals surface area contributed by atoms with Crippen molar-refractivity contribution in [2.45, 2.75) is 46.2 Å². The molecule has 2 aromatic rings. The van der Waals surface area contributed by atoms with E-state index in [4.69, 9.17) is 0 Å². The molecule has 2 rings (SSSR count). The third-order valence-electron chi connectivity index (χ3n) is 4.04. The lowest BCUT2D eigenvalue weighted by Crippen LogP contribution is -2.43. The second-order valence-electron chi connectivity index (χ2n) is 5.99. The van der Waals surface area contributed by atoms with Gasteiger partial charge in [0.1, 0.15) is 0 Å². The van der Waals surface area contributed by atoms with Crippen molar-refractivity contribution in [3.63, 3.8) is 0 Å². The van der Waals surface area contributed by atoms with Gasteiger partial charge in [-0.1, -0.05) is 0 Å². The van der Waals surface area contributed by atoms with Gasteiger partial charge in [0, 0.05) is 44.3 Å². The number of aromatic amines is 1. The SMILES string of the molecule is Cc1n[nH]c(C)c1CCN(C)C(=O)NC(C)CCn1cccn1. The third-order valence-corrected chi connectivity index (χ3v) is 4.04. The standard InChI is InChI=1S/C16H26N6O/c1-12(6-11-22-9-5-8-17-22)18-16(23)21(4)10-7-15-13(2)19-20-14(15)3/h5,8-9,12H,6-7,10-11H2,1-4H3,(H,18,23)(H,19,20). The van der Waals surface area contributed by atoms with E-state index < -0.39 is 0 Å². The van der Waals surface area contributed by atoms with Crippen LogP contribution in [-0.2, 0) is 13.0 Å². The fourth-order valence-electron chi connectivity index (χ4n) is 2.48. The number of carbonyl (C=O) groups is 1. The quantitative estimate of drug-likeness (QED) is 0.818. The normalized spacial score (nSPS) is 12.2. The van der Waals surface area contributed by atoms with Crippen molar-refractivity contribution in [1.82, 2.24) is 30.2 Å².